The van der Waals surface area contributed by atoms with Crippen LogP contribution in [0.25, 0.3) is 11.1 Å². The molecule has 0 aliphatic rings. The minimum absolute atomic E-state index is 0.166. The van der Waals surface area contributed by atoms with Crippen molar-refractivity contribution >= 4 is 34.1 Å². The summed E-state index contributed by atoms with van der Waals surface area (Å²) in [6, 6.07) is 54.9. The molecule has 278 valence electrons. The molecule has 54 heavy (non-hydrogen) atoms. The fourth-order valence-corrected chi connectivity index (χ4v) is 6.23. The van der Waals surface area contributed by atoms with Crippen molar-refractivity contribution in [3.05, 3.63) is 158 Å². The van der Waals surface area contributed by atoms with Crippen molar-refractivity contribution in [3.8, 4) is 22.6 Å². The van der Waals surface area contributed by atoms with Gasteiger partial charge in [-0.25, -0.2) is 0 Å². The number of nitrogens with zero attached hydrogens (tertiary/aromatic N) is 2. The molecule has 6 heteroatoms. The van der Waals surface area contributed by atoms with Gasteiger partial charge in [0.05, 0.1) is 18.8 Å². The molecule has 0 aliphatic carbocycles. The largest absolute Gasteiger partial charge is 0.491 e. The lowest BCUT2D eigenvalue weighted by Crippen LogP contribution is -2.32. The van der Waals surface area contributed by atoms with Crippen molar-refractivity contribution in [1.82, 2.24) is 0 Å². The predicted octanol–water partition coefficient (Wildman–Crippen LogP) is 12.7. The molecule has 0 unspecified atom stereocenters. The van der Waals surface area contributed by atoms with Crippen LogP contribution in [0.1, 0.15) is 41.0 Å². The molecule has 0 aliphatic heterocycles. The van der Waals surface area contributed by atoms with E-state index in [0.29, 0.717) is 19.8 Å². The summed E-state index contributed by atoms with van der Waals surface area (Å²) in [6.45, 7) is 12.2. The molecule has 0 radical (unpaired) electrons. The molecule has 6 rings (SSSR count). The van der Waals surface area contributed by atoms with E-state index in [1.807, 2.05) is 24.3 Å². The van der Waals surface area contributed by atoms with Gasteiger partial charge in [-0.2, -0.15) is 0 Å². The Balaban J connectivity index is 1.20. The second kappa shape index (κ2) is 17.5. The van der Waals surface area contributed by atoms with Gasteiger partial charge < -0.3 is 28.7 Å². The zero-order valence-electron chi connectivity index (χ0n) is 32.4. The van der Waals surface area contributed by atoms with Gasteiger partial charge in [0.25, 0.3) is 0 Å². The van der Waals surface area contributed by atoms with Crippen LogP contribution in [0.15, 0.2) is 158 Å². The Morgan fingerprint density at radius 2 is 0.815 bits per heavy atom. The number of ether oxygens (including phenoxy) is 4. The van der Waals surface area contributed by atoms with Crippen molar-refractivity contribution < 1.29 is 18.9 Å². The third-order valence-electron chi connectivity index (χ3n) is 8.99. The van der Waals surface area contributed by atoms with Crippen molar-refractivity contribution in [3.63, 3.8) is 0 Å². The zero-order valence-corrected chi connectivity index (χ0v) is 32.4. The minimum Gasteiger partial charge on any atom is -0.491 e. The van der Waals surface area contributed by atoms with Crippen molar-refractivity contribution in [1.29, 1.82) is 0 Å². The molecule has 6 aromatic rings. The SMILES string of the molecule is COCCOc1ccc(N(c2ccccc2)c2ccc(-c3ccc(N(c4ccccc4)c4ccc(OC(C)(C)CCOC(C)(C)C)cc4)cc3)cc2)cc1. The summed E-state index contributed by atoms with van der Waals surface area (Å²) in [5, 5.41) is 0. The Labute approximate surface area is 321 Å². The van der Waals surface area contributed by atoms with Crippen molar-refractivity contribution in [2.45, 2.75) is 52.2 Å². The molecule has 0 heterocycles. The highest BCUT2D eigenvalue weighted by Crippen LogP contribution is 2.39. The van der Waals surface area contributed by atoms with E-state index < -0.39 is 0 Å². The Kier molecular flexibility index (Phi) is 12.4. The van der Waals surface area contributed by atoms with Gasteiger partial charge in [-0.15, -0.1) is 0 Å². The van der Waals surface area contributed by atoms with Crippen LogP contribution in [0.3, 0.4) is 0 Å². The standard InChI is InChI=1S/C48H52N2O4/c1-47(2,3)53-34-33-48(4,5)54-46-31-27-44(28-32-46)50(40-15-11-8-12-16-40)42-23-19-38(20-24-42)37-17-21-41(22-18-37)49(39-13-9-7-10-14-39)43-25-29-45(30-26-43)52-36-35-51-6/h7-32H,33-36H2,1-6H3. The number of benzene rings is 6. The maximum Gasteiger partial charge on any atom is 0.120 e. The first-order valence-corrected chi connectivity index (χ1v) is 18.6. The van der Waals surface area contributed by atoms with Crippen LogP contribution in [0.5, 0.6) is 11.5 Å². The summed E-state index contributed by atoms with van der Waals surface area (Å²) in [5.41, 5.74) is 8.16. The Hall–Kier alpha value is -5.56. The minimum atomic E-state index is -0.356. The van der Waals surface area contributed by atoms with E-state index in [4.69, 9.17) is 18.9 Å². The molecule has 0 amide bonds. The van der Waals surface area contributed by atoms with Gasteiger partial charge in [0.2, 0.25) is 0 Å². The van der Waals surface area contributed by atoms with Crippen LogP contribution in [0.2, 0.25) is 0 Å². The van der Waals surface area contributed by atoms with Gasteiger partial charge in [-0.05, 0) is 143 Å². The first kappa shape index (κ1) is 38.2. The lowest BCUT2D eigenvalue weighted by Gasteiger charge is -2.29. The van der Waals surface area contributed by atoms with Gasteiger partial charge in [-0.3, -0.25) is 0 Å². The number of anilines is 6. The molecule has 6 aromatic carbocycles. The Bertz CT molecular complexity index is 2010. The van der Waals surface area contributed by atoms with E-state index in [9.17, 15) is 0 Å². The predicted molar refractivity (Wildman–Crippen MR) is 224 cm³/mol. The van der Waals surface area contributed by atoms with Gasteiger partial charge in [0, 0.05) is 47.7 Å². The third-order valence-corrected chi connectivity index (χ3v) is 8.99. The van der Waals surface area contributed by atoms with Crippen LogP contribution in [-0.4, -0.2) is 38.1 Å². The number of hydrogen-bond acceptors (Lipinski definition) is 6. The molecule has 0 aromatic heterocycles. The Morgan fingerprint density at radius 3 is 1.22 bits per heavy atom. The normalized spacial score (nSPS) is 11.6. The molecule has 0 N–H and O–H groups in total. The summed E-state index contributed by atoms with van der Waals surface area (Å²) in [6.07, 6.45) is 0.794. The molecule has 0 fully saturated rings. The first-order valence-electron chi connectivity index (χ1n) is 18.6. The number of rotatable bonds is 16. The van der Waals surface area contributed by atoms with Crippen molar-refractivity contribution in [2.24, 2.45) is 0 Å². The highest BCUT2D eigenvalue weighted by molar-refractivity contribution is 5.80. The fraction of sp³-hybridized carbons (Fsp3) is 0.250. The Morgan fingerprint density at radius 1 is 0.426 bits per heavy atom. The molecule has 0 spiro atoms. The second-order valence-corrected chi connectivity index (χ2v) is 14.8. The topological polar surface area (TPSA) is 43.4 Å². The summed E-state index contributed by atoms with van der Waals surface area (Å²) < 4.78 is 23.3. The van der Waals surface area contributed by atoms with Crippen LogP contribution in [0.4, 0.5) is 34.1 Å². The van der Waals surface area contributed by atoms with Crippen LogP contribution in [-0.2, 0) is 9.47 Å². The monoisotopic (exact) mass is 720 g/mol. The number of hydrogen-bond donors (Lipinski definition) is 0. The van der Waals surface area contributed by atoms with E-state index in [0.717, 1.165) is 63.2 Å². The summed E-state index contributed by atoms with van der Waals surface area (Å²) in [4.78, 5) is 4.52. The third kappa shape index (κ3) is 10.3. The second-order valence-electron chi connectivity index (χ2n) is 14.8. The smallest absolute Gasteiger partial charge is 0.120 e. The van der Waals surface area contributed by atoms with E-state index in [1.54, 1.807) is 7.11 Å². The van der Waals surface area contributed by atoms with Crippen LogP contribution < -0.4 is 19.3 Å². The summed E-state index contributed by atoms with van der Waals surface area (Å²) in [5.74, 6) is 1.65. The number of para-hydroxylation sites is 2. The molecular formula is C48H52N2O4. The molecular weight excluding hydrogens is 669 g/mol. The molecule has 0 saturated carbocycles. The maximum atomic E-state index is 6.41. The summed E-state index contributed by atoms with van der Waals surface area (Å²) in [7, 11) is 1.68. The van der Waals surface area contributed by atoms with Gasteiger partial charge in [0.1, 0.15) is 23.7 Å². The highest BCUT2D eigenvalue weighted by atomic mass is 16.5. The van der Waals surface area contributed by atoms with Gasteiger partial charge >= 0.3 is 0 Å². The zero-order chi connectivity index (χ0) is 38.0. The molecule has 6 nitrogen and oxygen atoms in total. The van der Waals surface area contributed by atoms with Gasteiger partial charge in [-0.1, -0.05) is 60.7 Å². The quantitative estimate of drug-likeness (QED) is 0.0928. The molecule has 0 atom stereocenters. The van der Waals surface area contributed by atoms with E-state index in [-0.39, 0.29) is 11.2 Å². The average Bonchev–Trinajstić information content (AvgIpc) is 3.17. The summed E-state index contributed by atoms with van der Waals surface area (Å²) >= 11 is 0. The average molecular weight is 721 g/mol. The van der Waals surface area contributed by atoms with Crippen LogP contribution >= 0.6 is 0 Å². The maximum absolute atomic E-state index is 6.41. The lowest BCUT2D eigenvalue weighted by molar-refractivity contribution is -0.0292. The molecule has 0 bridgehead atoms. The number of methoxy groups -OCH3 is 1. The van der Waals surface area contributed by atoms with E-state index in [2.05, 4.69) is 178 Å². The highest BCUT2D eigenvalue weighted by Gasteiger charge is 2.22. The molecule has 0 saturated heterocycles. The van der Waals surface area contributed by atoms with Crippen molar-refractivity contribution in [2.75, 3.05) is 36.7 Å². The van der Waals surface area contributed by atoms with Gasteiger partial charge in [0.15, 0.2) is 0 Å². The first-order chi connectivity index (χ1) is 26.1. The van der Waals surface area contributed by atoms with Crippen LogP contribution in [0, 0.1) is 0 Å². The lowest BCUT2D eigenvalue weighted by atomic mass is 10.0. The van der Waals surface area contributed by atoms with E-state index >= 15 is 0 Å². The fourth-order valence-electron chi connectivity index (χ4n) is 6.23. The van der Waals surface area contributed by atoms with E-state index in [1.165, 1.54) is 0 Å².